The van der Waals surface area contributed by atoms with Gasteiger partial charge in [-0.05, 0) is 60.2 Å². The van der Waals surface area contributed by atoms with Crippen LogP contribution in [0.5, 0.6) is 5.75 Å². The van der Waals surface area contributed by atoms with Crippen molar-refractivity contribution >= 4 is 23.4 Å². The second-order valence-electron chi connectivity index (χ2n) is 5.45. The third kappa shape index (κ3) is 3.97. The average molecular weight is 355 g/mol. The highest BCUT2D eigenvalue weighted by molar-refractivity contribution is 8.00. The number of nitrogens with one attached hydrogen (secondary N) is 1. The van der Waals surface area contributed by atoms with Crippen molar-refractivity contribution in [1.82, 2.24) is 20.2 Å². The van der Waals surface area contributed by atoms with Crippen LogP contribution in [0, 0.1) is 6.92 Å². The molecule has 0 saturated carbocycles. The molecule has 0 aliphatic heterocycles. The highest BCUT2D eigenvalue weighted by Gasteiger charge is 2.19. The van der Waals surface area contributed by atoms with Crippen LogP contribution in [-0.4, -0.2) is 36.5 Å². The van der Waals surface area contributed by atoms with Crippen molar-refractivity contribution in [3.05, 3.63) is 54.1 Å². The summed E-state index contributed by atoms with van der Waals surface area (Å²) in [5.41, 5.74) is 2.50. The fourth-order valence-electron chi connectivity index (χ4n) is 2.17. The molecule has 0 bridgehead atoms. The van der Waals surface area contributed by atoms with Gasteiger partial charge in [0.1, 0.15) is 5.75 Å². The lowest BCUT2D eigenvalue weighted by Gasteiger charge is -2.13. The van der Waals surface area contributed by atoms with Gasteiger partial charge in [0.2, 0.25) is 11.1 Å². The quantitative estimate of drug-likeness (QED) is 0.684. The molecule has 1 atom stereocenters. The van der Waals surface area contributed by atoms with Crippen molar-refractivity contribution in [2.75, 3.05) is 5.32 Å². The molecule has 8 heteroatoms. The SMILES string of the molecule is Cc1ccccc1NC(=O)C(C)Sc1nnnn1-c1ccc(O)cc1. The van der Waals surface area contributed by atoms with Gasteiger partial charge >= 0.3 is 0 Å². The van der Waals surface area contributed by atoms with Gasteiger partial charge in [0, 0.05) is 5.69 Å². The summed E-state index contributed by atoms with van der Waals surface area (Å²) in [6, 6.07) is 14.1. The lowest BCUT2D eigenvalue weighted by Crippen LogP contribution is -2.23. The minimum atomic E-state index is -0.388. The van der Waals surface area contributed by atoms with Crippen molar-refractivity contribution in [2.45, 2.75) is 24.3 Å². The van der Waals surface area contributed by atoms with E-state index in [1.807, 2.05) is 31.2 Å². The maximum absolute atomic E-state index is 12.4. The number of rotatable bonds is 5. The summed E-state index contributed by atoms with van der Waals surface area (Å²) in [7, 11) is 0. The zero-order valence-electron chi connectivity index (χ0n) is 13.7. The minimum Gasteiger partial charge on any atom is -0.508 e. The number of tetrazole rings is 1. The Labute approximate surface area is 149 Å². The van der Waals surface area contributed by atoms with Crippen LogP contribution in [0.3, 0.4) is 0 Å². The molecule has 0 aliphatic carbocycles. The summed E-state index contributed by atoms with van der Waals surface area (Å²) in [4.78, 5) is 12.4. The Hall–Kier alpha value is -2.87. The number of anilines is 1. The number of amides is 1. The van der Waals surface area contributed by atoms with Gasteiger partial charge in [-0.25, -0.2) is 0 Å². The normalized spacial score (nSPS) is 11.9. The summed E-state index contributed by atoms with van der Waals surface area (Å²) >= 11 is 1.26. The molecule has 1 amide bonds. The van der Waals surface area contributed by atoms with Gasteiger partial charge in [0.15, 0.2) is 0 Å². The molecule has 0 fully saturated rings. The predicted octanol–water partition coefficient (Wildman–Crippen LogP) is 2.80. The van der Waals surface area contributed by atoms with E-state index in [2.05, 4.69) is 20.8 Å². The second-order valence-corrected chi connectivity index (χ2v) is 6.76. The Kier molecular flexibility index (Phi) is 4.99. The van der Waals surface area contributed by atoms with Crippen molar-refractivity contribution in [3.63, 3.8) is 0 Å². The number of aromatic nitrogens is 4. The summed E-state index contributed by atoms with van der Waals surface area (Å²) in [6.45, 7) is 3.74. The standard InChI is InChI=1S/C17H17N5O2S/c1-11-5-3-4-6-15(11)18-16(24)12(2)25-17-19-20-21-22(17)13-7-9-14(23)10-8-13/h3-10,12,23H,1-2H3,(H,18,24). The first-order valence-corrected chi connectivity index (χ1v) is 8.53. The highest BCUT2D eigenvalue weighted by atomic mass is 32.2. The number of thioether (sulfide) groups is 1. The summed E-state index contributed by atoms with van der Waals surface area (Å²) in [5.74, 6) is 0.0385. The van der Waals surface area contributed by atoms with Gasteiger partial charge < -0.3 is 10.4 Å². The van der Waals surface area contributed by atoms with Gasteiger partial charge in [-0.1, -0.05) is 30.0 Å². The molecule has 2 N–H and O–H groups in total. The van der Waals surface area contributed by atoms with E-state index in [4.69, 9.17) is 0 Å². The average Bonchev–Trinajstić information content (AvgIpc) is 3.05. The number of para-hydroxylation sites is 1. The van der Waals surface area contributed by atoms with Crippen LogP contribution in [0.15, 0.2) is 53.7 Å². The van der Waals surface area contributed by atoms with Crippen LogP contribution >= 0.6 is 11.8 Å². The summed E-state index contributed by atoms with van der Waals surface area (Å²) in [6.07, 6.45) is 0. The first-order valence-electron chi connectivity index (χ1n) is 7.65. The number of carbonyl (C=O) groups excluding carboxylic acids is 1. The first kappa shape index (κ1) is 17.0. The van der Waals surface area contributed by atoms with Crippen LogP contribution in [0.1, 0.15) is 12.5 Å². The molecule has 1 unspecified atom stereocenters. The molecule has 3 aromatic rings. The van der Waals surface area contributed by atoms with E-state index in [1.165, 1.54) is 16.4 Å². The number of hydrogen-bond acceptors (Lipinski definition) is 6. The molecule has 0 saturated heterocycles. The van der Waals surface area contributed by atoms with E-state index in [0.29, 0.717) is 10.8 Å². The van der Waals surface area contributed by atoms with E-state index < -0.39 is 0 Å². The molecule has 128 valence electrons. The smallest absolute Gasteiger partial charge is 0.237 e. The number of nitrogens with zero attached hydrogens (tertiary/aromatic N) is 4. The number of carbonyl (C=O) groups is 1. The fourth-order valence-corrected chi connectivity index (χ4v) is 2.98. The van der Waals surface area contributed by atoms with E-state index in [0.717, 1.165) is 11.3 Å². The van der Waals surface area contributed by atoms with Gasteiger partial charge in [-0.3, -0.25) is 4.79 Å². The predicted molar refractivity (Wildman–Crippen MR) is 95.9 cm³/mol. The van der Waals surface area contributed by atoms with E-state index in [1.54, 1.807) is 31.2 Å². The molecular formula is C17H17N5O2S. The Morgan fingerprint density at radius 2 is 1.92 bits per heavy atom. The van der Waals surface area contributed by atoms with Gasteiger partial charge in [-0.2, -0.15) is 4.68 Å². The number of hydrogen-bond donors (Lipinski definition) is 2. The van der Waals surface area contributed by atoms with E-state index in [9.17, 15) is 9.90 Å². The highest BCUT2D eigenvalue weighted by Crippen LogP contribution is 2.25. The van der Waals surface area contributed by atoms with E-state index >= 15 is 0 Å². The zero-order valence-corrected chi connectivity index (χ0v) is 14.6. The Bertz CT molecular complexity index is 879. The van der Waals surface area contributed by atoms with Gasteiger partial charge in [-0.15, -0.1) is 5.10 Å². The molecule has 3 rings (SSSR count). The van der Waals surface area contributed by atoms with Crippen LogP contribution in [0.4, 0.5) is 5.69 Å². The molecular weight excluding hydrogens is 338 g/mol. The molecule has 0 radical (unpaired) electrons. The monoisotopic (exact) mass is 355 g/mol. The third-order valence-electron chi connectivity index (χ3n) is 3.59. The molecule has 25 heavy (non-hydrogen) atoms. The Morgan fingerprint density at radius 3 is 2.64 bits per heavy atom. The molecule has 7 nitrogen and oxygen atoms in total. The number of phenolic OH excluding ortho intramolecular Hbond substituents is 1. The molecule has 0 aliphatic rings. The van der Waals surface area contributed by atoms with Crippen molar-refractivity contribution < 1.29 is 9.90 Å². The maximum Gasteiger partial charge on any atom is 0.237 e. The summed E-state index contributed by atoms with van der Waals surface area (Å²) < 4.78 is 1.53. The van der Waals surface area contributed by atoms with Crippen LogP contribution in [0.25, 0.3) is 5.69 Å². The van der Waals surface area contributed by atoms with Gasteiger partial charge in [0.25, 0.3) is 0 Å². The molecule has 1 aromatic heterocycles. The lowest BCUT2D eigenvalue weighted by molar-refractivity contribution is -0.115. The minimum absolute atomic E-state index is 0.125. The third-order valence-corrected chi connectivity index (χ3v) is 4.62. The molecule has 1 heterocycles. The second kappa shape index (κ2) is 7.35. The topological polar surface area (TPSA) is 92.9 Å². The number of phenols is 1. The van der Waals surface area contributed by atoms with E-state index in [-0.39, 0.29) is 16.9 Å². The Balaban J connectivity index is 1.72. The Morgan fingerprint density at radius 1 is 1.20 bits per heavy atom. The number of aryl methyl sites for hydroxylation is 1. The number of benzene rings is 2. The van der Waals surface area contributed by atoms with Crippen molar-refractivity contribution in [2.24, 2.45) is 0 Å². The summed E-state index contributed by atoms with van der Waals surface area (Å²) in [5, 5.41) is 24.0. The molecule has 0 spiro atoms. The maximum atomic E-state index is 12.4. The zero-order chi connectivity index (χ0) is 17.8. The van der Waals surface area contributed by atoms with Crippen LogP contribution in [-0.2, 0) is 4.79 Å². The van der Waals surface area contributed by atoms with Gasteiger partial charge in [0.05, 0.1) is 10.9 Å². The first-order chi connectivity index (χ1) is 12.0. The van der Waals surface area contributed by atoms with Crippen LogP contribution in [0.2, 0.25) is 0 Å². The number of aromatic hydroxyl groups is 1. The largest absolute Gasteiger partial charge is 0.508 e. The lowest BCUT2D eigenvalue weighted by atomic mass is 10.2. The fraction of sp³-hybridized carbons (Fsp3) is 0.176. The van der Waals surface area contributed by atoms with Crippen molar-refractivity contribution in [3.8, 4) is 11.4 Å². The van der Waals surface area contributed by atoms with Crippen LogP contribution < -0.4 is 5.32 Å². The molecule has 2 aromatic carbocycles. The van der Waals surface area contributed by atoms with Crippen molar-refractivity contribution in [1.29, 1.82) is 0 Å².